The topological polar surface area (TPSA) is 56.7 Å². The normalized spacial score (nSPS) is 16.6. The van der Waals surface area contributed by atoms with Gasteiger partial charge in [0.15, 0.2) is 5.65 Å². The molecule has 2 heterocycles. The fourth-order valence-corrected chi connectivity index (χ4v) is 2.31. The molecule has 2 aromatic rings. The summed E-state index contributed by atoms with van der Waals surface area (Å²) in [4.78, 5) is 9.07. The third-order valence-corrected chi connectivity index (χ3v) is 3.33. The predicted molar refractivity (Wildman–Crippen MR) is 63.2 cm³/mol. The zero-order valence-corrected chi connectivity index (χ0v) is 9.26. The van der Waals surface area contributed by atoms with Gasteiger partial charge in [0.25, 0.3) is 0 Å². The summed E-state index contributed by atoms with van der Waals surface area (Å²) in [6.07, 6.45) is 6.50. The minimum Gasteiger partial charge on any atom is -0.330 e. The van der Waals surface area contributed by atoms with Gasteiger partial charge in [-0.1, -0.05) is 0 Å². The van der Waals surface area contributed by atoms with Crippen molar-refractivity contribution in [3.63, 3.8) is 0 Å². The Labute approximate surface area is 94.5 Å². The summed E-state index contributed by atoms with van der Waals surface area (Å²) in [5, 5.41) is 0. The van der Waals surface area contributed by atoms with Crippen molar-refractivity contribution in [1.29, 1.82) is 0 Å². The summed E-state index contributed by atoms with van der Waals surface area (Å²) in [5.41, 5.74) is 7.66. The van der Waals surface area contributed by atoms with E-state index in [4.69, 9.17) is 5.73 Å². The number of hydrogen-bond acceptors (Lipinski definition) is 3. The van der Waals surface area contributed by atoms with Gasteiger partial charge in [-0.05, 0) is 37.9 Å². The monoisotopic (exact) mass is 216 g/mol. The van der Waals surface area contributed by atoms with Crippen molar-refractivity contribution < 1.29 is 0 Å². The van der Waals surface area contributed by atoms with E-state index in [1.807, 2.05) is 18.3 Å². The Kier molecular flexibility index (Phi) is 2.36. The van der Waals surface area contributed by atoms with Crippen molar-refractivity contribution in [1.82, 2.24) is 14.5 Å². The third-order valence-electron chi connectivity index (χ3n) is 3.33. The quantitative estimate of drug-likeness (QED) is 0.848. The highest BCUT2D eigenvalue weighted by molar-refractivity contribution is 5.71. The van der Waals surface area contributed by atoms with Gasteiger partial charge in [0, 0.05) is 18.7 Å². The van der Waals surface area contributed by atoms with Gasteiger partial charge in [0.2, 0.25) is 0 Å². The first kappa shape index (κ1) is 9.78. The van der Waals surface area contributed by atoms with E-state index in [1.165, 1.54) is 19.3 Å². The number of nitrogens with zero attached hydrogens (tertiary/aromatic N) is 3. The Bertz CT molecular complexity index is 499. The fraction of sp³-hybridized carbons (Fsp3) is 0.500. The van der Waals surface area contributed by atoms with E-state index in [1.54, 1.807) is 0 Å². The lowest BCUT2D eigenvalue weighted by Crippen LogP contribution is -2.21. The van der Waals surface area contributed by atoms with E-state index >= 15 is 0 Å². The van der Waals surface area contributed by atoms with E-state index < -0.39 is 0 Å². The van der Waals surface area contributed by atoms with E-state index in [-0.39, 0.29) is 0 Å². The molecule has 0 saturated heterocycles. The molecule has 1 aliphatic carbocycles. The highest BCUT2D eigenvalue weighted by Crippen LogP contribution is 2.34. The van der Waals surface area contributed by atoms with Crippen LogP contribution < -0.4 is 5.73 Å². The summed E-state index contributed by atoms with van der Waals surface area (Å²) < 4.78 is 2.30. The van der Waals surface area contributed by atoms with Crippen molar-refractivity contribution in [2.45, 2.75) is 31.7 Å². The Balaban J connectivity index is 2.14. The second kappa shape index (κ2) is 3.87. The summed E-state index contributed by atoms with van der Waals surface area (Å²) in [5.74, 6) is 1.10. The number of hydrogen-bond donors (Lipinski definition) is 1. The van der Waals surface area contributed by atoms with E-state index in [9.17, 15) is 0 Å². The Morgan fingerprint density at radius 3 is 3.00 bits per heavy atom. The van der Waals surface area contributed by atoms with Gasteiger partial charge in [-0.3, -0.25) is 0 Å². The molecule has 16 heavy (non-hydrogen) atoms. The predicted octanol–water partition coefficient (Wildman–Crippen LogP) is 1.66. The van der Waals surface area contributed by atoms with E-state index in [0.717, 1.165) is 23.4 Å². The van der Waals surface area contributed by atoms with Crippen LogP contribution in [0.2, 0.25) is 0 Å². The van der Waals surface area contributed by atoms with E-state index in [0.29, 0.717) is 12.6 Å². The molecule has 0 bridgehead atoms. The molecular weight excluding hydrogens is 200 g/mol. The van der Waals surface area contributed by atoms with Crippen molar-refractivity contribution >= 4 is 11.2 Å². The Hall–Kier alpha value is -1.42. The van der Waals surface area contributed by atoms with Crippen LogP contribution in [0.3, 0.4) is 0 Å². The zero-order valence-electron chi connectivity index (χ0n) is 9.26. The van der Waals surface area contributed by atoms with Crippen LogP contribution in [0, 0.1) is 0 Å². The summed E-state index contributed by atoms with van der Waals surface area (Å²) in [6.45, 7) is 0.649. The van der Waals surface area contributed by atoms with Gasteiger partial charge in [-0.25, -0.2) is 9.97 Å². The van der Waals surface area contributed by atoms with Gasteiger partial charge in [0.1, 0.15) is 11.3 Å². The van der Waals surface area contributed by atoms with Gasteiger partial charge < -0.3 is 10.3 Å². The molecule has 0 radical (unpaired) electrons. The third kappa shape index (κ3) is 1.41. The molecule has 2 N–H and O–H groups in total. The molecule has 1 aliphatic rings. The molecule has 0 amide bonds. The van der Waals surface area contributed by atoms with Crippen LogP contribution in [0.15, 0.2) is 18.3 Å². The maximum atomic E-state index is 5.64. The van der Waals surface area contributed by atoms with Crippen LogP contribution in [0.5, 0.6) is 0 Å². The number of nitrogens with two attached hydrogens (primary N) is 1. The van der Waals surface area contributed by atoms with E-state index in [2.05, 4.69) is 14.5 Å². The largest absolute Gasteiger partial charge is 0.330 e. The maximum absolute atomic E-state index is 5.64. The highest BCUT2D eigenvalue weighted by atomic mass is 15.2. The molecule has 3 rings (SSSR count). The molecule has 1 fully saturated rings. The van der Waals surface area contributed by atoms with Crippen LogP contribution in [0.25, 0.3) is 11.2 Å². The molecule has 2 aromatic heterocycles. The zero-order chi connectivity index (χ0) is 11.0. The van der Waals surface area contributed by atoms with Crippen LogP contribution in [-0.2, 0) is 6.42 Å². The van der Waals surface area contributed by atoms with Crippen molar-refractivity contribution in [2.24, 2.45) is 5.73 Å². The van der Waals surface area contributed by atoms with Crippen molar-refractivity contribution in [3.8, 4) is 0 Å². The second-order valence-electron chi connectivity index (χ2n) is 4.37. The van der Waals surface area contributed by atoms with Gasteiger partial charge in [0.05, 0.1) is 0 Å². The molecule has 0 atom stereocenters. The lowest BCUT2D eigenvalue weighted by Gasteiger charge is -2.28. The minimum absolute atomic E-state index is 0.599. The first-order chi connectivity index (χ1) is 7.90. The molecule has 4 heteroatoms. The minimum atomic E-state index is 0.599. The number of aromatic nitrogens is 3. The number of rotatable bonds is 3. The van der Waals surface area contributed by atoms with Gasteiger partial charge in [-0.15, -0.1) is 0 Å². The lowest BCUT2D eigenvalue weighted by molar-refractivity contribution is 0.312. The first-order valence-electron chi connectivity index (χ1n) is 5.92. The Morgan fingerprint density at radius 1 is 1.44 bits per heavy atom. The molecule has 1 saturated carbocycles. The van der Waals surface area contributed by atoms with Crippen LogP contribution in [-0.4, -0.2) is 21.1 Å². The summed E-state index contributed by atoms with van der Waals surface area (Å²) in [7, 11) is 0. The fourth-order valence-electron chi connectivity index (χ4n) is 2.31. The molecule has 0 spiro atoms. The van der Waals surface area contributed by atoms with Crippen LogP contribution in [0.1, 0.15) is 31.1 Å². The molecule has 0 aromatic carbocycles. The molecule has 4 nitrogen and oxygen atoms in total. The Morgan fingerprint density at radius 2 is 2.31 bits per heavy atom. The molecular formula is C12H16N4. The van der Waals surface area contributed by atoms with Crippen molar-refractivity contribution in [2.75, 3.05) is 6.54 Å². The number of pyridine rings is 1. The molecule has 0 unspecified atom stereocenters. The number of imidazole rings is 1. The average Bonchev–Trinajstić information content (AvgIpc) is 2.56. The van der Waals surface area contributed by atoms with Crippen molar-refractivity contribution in [3.05, 3.63) is 24.2 Å². The molecule has 84 valence electrons. The maximum Gasteiger partial charge on any atom is 0.160 e. The van der Waals surface area contributed by atoms with Crippen LogP contribution in [0.4, 0.5) is 0 Å². The average molecular weight is 216 g/mol. The first-order valence-corrected chi connectivity index (χ1v) is 5.92. The van der Waals surface area contributed by atoms with Gasteiger partial charge in [-0.2, -0.15) is 0 Å². The SMILES string of the molecule is NCCc1nc2cccnc2n1C1CCC1. The lowest BCUT2D eigenvalue weighted by atomic mass is 9.92. The summed E-state index contributed by atoms with van der Waals surface area (Å²) in [6, 6.07) is 4.56. The molecule has 0 aliphatic heterocycles. The van der Waals surface area contributed by atoms with Crippen LogP contribution >= 0.6 is 0 Å². The highest BCUT2D eigenvalue weighted by Gasteiger charge is 2.24. The second-order valence-corrected chi connectivity index (χ2v) is 4.37. The smallest absolute Gasteiger partial charge is 0.160 e. The number of fused-ring (bicyclic) bond motifs is 1. The summed E-state index contributed by atoms with van der Waals surface area (Å²) >= 11 is 0. The van der Waals surface area contributed by atoms with Gasteiger partial charge >= 0.3 is 0 Å². The standard InChI is InChI=1S/C12H16N4/c13-7-6-11-15-10-5-2-8-14-12(10)16(11)9-3-1-4-9/h2,5,8-9H,1,3-4,6-7,13H2.